The molecule has 0 unspecified atom stereocenters. The first-order valence-corrected chi connectivity index (χ1v) is 12.6. The van der Waals surface area contributed by atoms with Gasteiger partial charge >= 0.3 is 0 Å². The molecule has 1 fully saturated rings. The van der Waals surface area contributed by atoms with Crippen molar-refractivity contribution in [2.45, 2.75) is 17.7 Å². The molecular formula is C25H26N4O5S. The molecule has 0 atom stereocenters. The van der Waals surface area contributed by atoms with Gasteiger partial charge in [-0.3, -0.25) is 14.3 Å². The third-order valence-electron chi connectivity index (χ3n) is 5.81. The number of hydrogen-bond donors (Lipinski definition) is 2. The lowest BCUT2D eigenvalue weighted by molar-refractivity contribution is -0.121. The van der Waals surface area contributed by atoms with Crippen LogP contribution in [0.25, 0.3) is 0 Å². The number of pyridine rings is 1. The van der Waals surface area contributed by atoms with Gasteiger partial charge in [0.2, 0.25) is 5.91 Å². The first-order valence-electron chi connectivity index (χ1n) is 11.1. The molecule has 10 heteroatoms. The summed E-state index contributed by atoms with van der Waals surface area (Å²) in [5.74, 6) is 0.265. The van der Waals surface area contributed by atoms with Gasteiger partial charge in [-0.1, -0.05) is 24.3 Å². The summed E-state index contributed by atoms with van der Waals surface area (Å²) in [7, 11) is -2.49. The number of methoxy groups -OCH3 is 1. The van der Waals surface area contributed by atoms with E-state index in [-0.39, 0.29) is 28.2 Å². The Labute approximate surface area is 204 Å². The fourth-order valence-corrected chi connectivity index (χ4v) is 5.04. The van der Waals surface area contributed by atoms with Crippen LogP contribution in [0.3, 0.4) is 0 Å². The van der Waals surface area contributed by atoms with Gasteiger partial charge in [-0.15, -0.1) is 0 Å². The van der Waals surface area contributed by atoms with Crippen molar-refractivity contribution in [3.63, 3.8) is 0 Å². The third kappa shape index (κ3) is 5.78. The van der Waals surface area contributed by atoms with Crippen LogP contribution in [0.2, 0.25) is 0 Å². The number of para-hydroxylation sites is 2. The van der Waals surface area contributed by atoms with Crippen LogP contribution in [0.1, 0.15) is 23.2 Å². The molecule has 0 saturated carbocycles. The van der Waals surface area contributed by atoms with Crippen LogP contribution >= 0.6 is 0 Å². The molecule has 2 aromatic carbocycles. The van der Waals surface area contributed by atoms with Crippen LogP contribution in [-0.2, 0) is 14.8 Å². The number of aromatic nitrogens is 1. The minimum Gasteiger partial charge on any atom is -0.495 e. The first kappa shape index (κ1) is 24.2. The predicted octanol–water partition coefficient (Wildman–Crippen LogP) is 3.38. The number of sulfonamides is 1. The van der Waals surface area contributed by atoms with Gasteiger partial charge in [-0.05, 0) is 55.3 Å². The second-order valence-corrected chi connectivity index (χ2v) is 9.79. The highest BCUT2D eigenvalue weighted by molar-refractivity contribution is 7.92. The van der Waals surface area contributed by atoms with Crippen LogP contribution in [-0.4, -0.2) is 50.3 Å². The monoisotopic (exact) mass is 494 g/mol. The number of anilines is 2. The maximum absolute atomic E-state index is 13.1. The first-order chi connectivity index (χ1) is 16.9. The van der Waals surface area contributed by atoms with Gasteiger partial charge in [-0.2, -0.15) is 0 Å². The summed E-state index contributed by atoms with van der Waals surface area (Å²) < 4.78 is 33.6. The number of likely N-dealkylation sites (tertiary alicyclic amines) is 1. The van der Waals surface area contributed by atoms with Gasteiger partial charge in [0.1, 0.15) is 11.6 Å². The Bertz CT molecular complexity index is 1310. The van der Waals surface area contributed by atoms with E-state index in [4.69, 9.17) is 4.74 Å². The van der Waals surface area contributed by atoms with Crippen LogP contribution in [0, 0.1) is 5.92 Å². The molecule has 2 amide bonds. The molecule has 1 aromatic heterocycles. The number of carbonyl (C=O) groups excluding carboxylic acids is 2. The molecule has 1 aliphatic heterocycles. The largest absolute Gasteiger partial charge is 0.495 e. The molecule has 2 N–H and O–H groups in total. The number of nitrogens with one attached hydrogen (secondary N) is 2. The number of rotatable bonds is 7. The maximum atomic E-state index is 13.1. The maximum Gasteiger partial charge on any atom is 0.262 e. The molecule has 2 heterocycles. The molecule has 1 aliphatic rings. The smallest absolute Gasteiger partial charge is 0.262 e. The molecule has 182 valence electrons. The lowest BCUT2D eigenvalue weighted by atomic mass is 9.95. The van der Waals surface area contributed by atoms with Gasteiger partial charge < -0.3 is 15.0 Å². The topological polar surface area (TPSA) is 118 Å². The molecule has 0 radical (unpaired) electrons. The summed E-state index contributed by atoms with van der Waals surface area (Å²) in [4.78, 5) is 31.3. The van der Waals surface area contributed by atoms with Crippen molar-refractivity contribution in [3.8, 4) is 5.75 Å². The summed E-state index contributed by atoms with van der Waals surface area (Å²) in [5.41, 5.74) is 0.571. The van der Waals surface area contributed by atoms with Gasteiger partial charge in [0, 0.05) is 30.8 Å². The van der Waals surface area contributed by atoms with E-state index < -0.39 is 10.0 Å². The van der Waals surface area contributed by atoms with E-state index in [1.54, 1.807) is 59.6 Å². The molecule has 0 bridgehead atoms. The predicted molar refractivity (Wildman–Crippen MR) is 132 cm³/mol. The SMILES string of the molecule is COc1ccccc1NS(=O)(=O)c1cccc(C(=O)N2CCC(C(=O)Nc3ccccn3)CC2)c1. The summed E-state index contributed by atoms with van der Waals surface area (Å²) >= 11 is 0. The summed E-state index contributed by atoms with van der Waals surface area (Å²) in [6, 6.07) is 17.9. The highest BCUT2D eigenvalue weighted by Gasteiger charge is 2.28. The average Bonchev–Trinajstić information content (AvgIpc) is 2.89. The molecule has 9 nitrogen and oxygen atoms in total. The molecule has 0 aliphatic carbocycles. The van der Waals surface area contributed by atoms with E-state index >= 15 is 0 Å². The number of amides is 2. The van der Waals surface area contributed by atoms with Crippen molar-refractivity contribution < 1.29 is 22.7 Å². The Morgan fingerprint density at radius 1 is 1.00 bits per heavy atom. The van der Waals surface area contributed by atoms with Crippen LogP contribution in [0.15, 0.2) is 77.8 Å². The highest BCUT2D eigenvalue weighted by Crippen LogP contribution is 2.27. The zero-order valence-corrected chi connectivity index (χ0v) is 20.0. The van der Waals surface area contributed by atoms with Gasteiger partial charge in [-0.25, -0.2) is 13.4 Å². The van der Waals surface area contributed by atoms with E-state index in [1.807, 2.05) is 0 Å². The van der Waals surface area contributed by atoms with E-state index in [9.17, 15) is 18.0 Å². The van der Waals surface area contributed by atoms with Gasteiger partial charge in [0.25, 0.3) is 15.9 Å². The second kappa shape index (κ2) is 10.6. The van der Waals surface area contributed by atoms with Crippen LogP contribution < -0.4 is 14.8 Å². The Kier molecular flexibility index (Phi) is 7.31. The molecule has 0 spiro atoms. The molecule has 4 rings (SSSR count). The third-order valence-corrected chi connectivity index (χ3v) is 7.17. The molecule has 35 heavy (non-hydrogen) atoms. The number of carbonyl (C=O) groups is 2. The fraction of sp³-hybridized carbons (Fsp3) is 0.240. The number of nitrogens with zero attached hydrogens (tertiary/aromatic N) is 2. The zero-order valence-electron chi connectivity index (χ0n) is 19.2. The molecular weight excluding hydrogens is 468 g/mol. The number of hydrogen-bond acceptors (Lipinski definition) is 6. The Balaban J connectivity index is 1.40. The van der Waals surface area contributed by atoms with E-state index in [2.05, 4.69) is 15.0 Å². The highest BCUT2D eigenvalue weighted by atomic mass is 32.2. The summed E-state index contributed by atoms with van der Waals surface area (Å²) in [6.45, 7) is 0.797. The van der Waals surface area contributed by atoms with Gasteiger partial charge in [0.05, 0.1) is 17.7 Å². The summed E-state index contributed by atoms with van der Waals surface area (Å²) in [5, 5.41) is 2.80. The van der Waals surface area contributed by atoms with Gasteiger partial charge in [0.15, 0.2) is 0 Å². The van der Waals surface area contributed by atoms with E-state index in [0.29, 0.717) is 43.2 Å². The van der Waals surface area contributed by atoms with E-state index in [1.165, 1.54) is 25.3 Å². The van der Waals surface area contributed by atoms with E-state index in [0.717, 1.165) is 0 Å². The quantitative estimate of drug-likeness (QED) is 0.520. The summed E-state index contributed by atoms with van der Waals surface area (Å²) in [6.07, 6.45) is 2.63. The number of piperidine rings is 1. The van der Waals surface area contributed by atoms with Crippen molar-refractivity contribution in [2.75, 3.05) is 30.2 Å². The van der Waals surface area contributed by atoms with Crippen molar-refractivity contribution >= 4 is 33.3 Å². The second-order valence-electron chi connectivity index (χ2n) is 8.10. The average molecular weight is 495 g/mol. The Morgan fingerprint density at radius 3 is 2.46 bits per heavy atom. The van der Waals surface area contributed by atoms with Crippen LogP contribution in [0.4, 0.5) is 11.5 Å². The molecule has 1 saturated heterocycles. The van der Waals surface area contributed by atoms with Crippen molar-refractivity contribution in [1.29, 1.82) is 0 Å². The normalized spacial score (nSPS) is 14.3. The zero-order chi connectivity index (χ0) is 24.8. The standard InChI is InChI=1S/C25H26N4O5S/c1-34-22-10-3-2-9-21(22)28-35(32,33)20-8-6-7-19(17-20)25(31)29-15-12-18(13-16-29)24(30)27-23-11-4-5-14-26-23/h2-11,14,17-18,28H,12-13,15-16H2,1H3,(H,26,27,30). The number of benzene rings is 2. The molecule has 3 aromatic rings. The van der Waals surface area contributed by atoms with Crippen molar-refractivity contribution in [2.24, 2.45) is 5.92 Å². The number of ether oxygens (including phenoxy) is 1. The Hall–Kier alpha value is -3.92. The van der Waals surface area contributed by atoms with Crippen molar-refractivity contribution in [1.82, 2.24) is 9.88 Å². The lowest BCUT2D eigenvalue weighted by Crippen LogP contribution is -2.41. The Morgan fingerprint density at radius 2 is 1.74 bits per heavy atom. The minimum atomic E-state index is -3.94. The van der Waals surface area contributed by atoms with Crippen LogP contribution in [0.5, 0.6) is 5.75 Å². The minimum absolute atomic E-state index is 0.0288. The fourth-order valence-electron chi connectivity index (χ4n) is 3.92. The lowest BCUT2D eigenvalue weighted by Gasteiger charge is -2.31. The van der Waals surface area contributed by atoms with Crippen molar-refractivity contribution in [3.05, 3.63) is 78.5 Å².